The summed E-state index contributed by atoms with van der Waals surface area (Å²) in [5.41, 5.74) is -0.305. The molecule has 146 valence electrons. The highest BCUT2D eigenvalue weighted by atomic mass is 19.4. The number of aromatic nitrogens is 1. The first-order chi connectivity index (χ1) is 13.4. The summed E-state index contributed by atoms with van der Waals surface area (Å²) in [6.07, 6.45) is -2.39. The molecule has 10 heteroatoms. The molecule has 0 saturated carbocycles. The maximum absolute atomic E-state index is 12.9. The van der Waals surface area contributed by atoms with Gasteiger partial charge in [-0.25, -0.2) is 0 Å². The van der Waals surface area contributed by atoms with Gasteiger partial charge in [-0.2, -0.15) is 18.4 Å². The Morgan fingerprint density at radius 2 is 1.96 bits per heavy atom. The molecule has 0 aliphatic carbocycles. The minimum absolute atomic E-state index is 0.186. The van der Waals surface area contributed by atoms with Crippen LogP contribution < -0.4 is 4.90 Å². The van der Waals surface area contributed by atoms with Crippen molar-refractivity contribution in [1.29, 1.82) is 5.26 Å². The minimum atomic E-state index is -4.46. The van der Waals surface area contributed by atoms with Gasteiger partial charge in [0.15, 0.2) is 6.19 Å². The van der Waals surface area contributed by atoms with E-state index in [4.69, 9.17) is 9.78 Å². The molecule has 0 unspecified atom stereocenters. The van der Waals surface area contributed by atoms with E-state index >= 15 is 0 Å². The zero-order valence-corrected chi connectivity index (χ0v) is 14.7. The molecular formula is C18H16F3N5O2. The Balaban J connectivity index is 1.56. The van der Waals surface area contributed by atoms with Crippen molar-refractivity contribution in [2.75, 3.05) is 37.6 Å². The van der Waals surface area contributed by atoms with E-state index in [-0.39, 0.29) is 23.0 Å². The second-order valence-electron chi connectivity index (χ2n) is 6.72. The van der Waals surface area contributed by atoms with Crippen molar-refractivity contribution in [2.24, 2.45) is 0 Å². The van der Waals surface area contributed by atoms with E-state index in [0.29, 0.717) is 32.7 Å². The topological polar surface area (TPSA) is 76.6 Å². The third kappa shape index (κ3) is 3.29. The molecule has 2 aliphatic rings. The number of benzene rings is 1. The molecule has 1 atom stereocenters. The second-order valence-corrected chi connectivity index (χ2v) is 6.72. The zero-order chi connectivity index (χ0) is 19.9. The van der Waals surface area contributed by atoms with Crippen molar-refractivity contribution in [1.82, 2.24) is 15.0 Å². The Kier molecular flexibility index (Phi) is 4.47. The van der Waals surface area contributed by atoms with Crippen LogP contribution in [0.3, 0.4) is 0 Å². The Labute approximate surface area is 158 Å². The van der Waals surface area contributed by atoms with Crippen LogP contribution in [-0.2, 0) is 11.0 Å². The second kappa shape index (κ2) is 6.83. The Morgan fingerprint density at radius 1 is 1.18 bits per heavy atom. The van der Waals surface area contributed by atoms with Gasteiger partial charge >= 0.3 is 6.18 Å². The fourth-order valence-corrected chi connectivity index (χ4v) is 3.53. The van der Waals surface area contributed by atoms with E-state index in [2.05, 4.69) is 11.3 Å². The van der Waals surface area contributed by atoms with Crippen molar-refractivity contribution < 1.29 is 22.5 Å². The van der Waals surface area contributed by atoms with Gasteiger partial charge in [0, 0.05) is 37.8 Å². The average Bonchev–Trinajstić information content (AvgIpc) is 3.17. The summed E-state index contributed by atoms with van der Waals surface area (Å²) in [5, 5.41) is 12.9. The smallest absolute Gasteiger partial charge is 0.338 e. The number of nitriles is 1. The van der Waals surface area contributed by atoms with Crippen molar-refractivity contribution in [2.45, 2.75) is 12.2 Å². The standard InChI is InChI=1S/C18H16F3N5O2/c19-18(20,21)13-3-1-2-12(8-13)14-9-16(28-23-14)26-7-6-25-5-4-24(11-22)10-15(25)17(26)27/h1-3,8-9,15H,4-7,10H2/t15-/m1/s1. The van der Waals surface area contributed by atoms with Crippen LogP contribution >= 0.6 is 0 Å². The first-order valence-electron chi connectivity index (χ1n) is 8.71. The van der Waals surface area contributed by atoms with Crippen molar-refractivity contribution in [3.05, 3.63) is 35.9 Å². The summed E-state index contributed by atoms with van der Waals surface area (Å²) in [6, 6.07) is 5.79. The van der Waals surface area contributed by atoms with Crippen LogP contribution in [0.2, 0.25) is 0 Å². The number of rotatable bonds is 2. The molecule has 1 aromatic heterocycles. The molecule has 2 fully saturated rings. The number of nitrogens with zero attached hydrogens (tertiary/aromatic N) is 5. The van der Waals surface area contributed by atoms with Gasteiger partial charge in [-0.1, -0.05) is 17.3 Å². The van der Waals surface area contributed by atoms with Crippen molar-refractivity contribution >= 4 is 11.8 Å². The number of alkyl halides is 3. The van der Waals surface area contributed by atoms with Crippen LogP contribution in [0.5, 0.6) is 0 Å². The van der Waals surface area contributed by atoms with E-state index in [9.17, 15) is 18.0 Å². The lowest BCUT2D eigenvalue weighted by molar-refractivity contribution is -0.137. The number of anilines is 1. The van der Waals surface area contributed by atoms with E-state index in [1.54, 1.807) is 0 Å². The number of amides is 1. The average molecular weight is 391 g/mol. The quantitative estimate of drug-likeness (QED) is 0.731. The van der Waals surface area contributed by atoms with Gasteiger partial charge in [0.25, 0.3) is 0 Å². The van der Waals surface area contributed by atoms with E-state index in [0.717, 1.165) is 12.1 Å². The summed E-state index contributed by atoms with van der Waals surface area (Å²) >= 11 is 0. The number of fused-ring (bicyclic) bond motifs is 1. The summed E-state index contributed by atoms with van der Waals surface area (Å²) in [6.45, 7) is 2.53. The first kappa shape index (κ1) is 18.3. The van der Waals surface area contributed by atoms with Crippen LogP contribution in [0.4, 0.5) is 19.1 Å². The maximum Gasteiger partial charge on any atom is 0.416 e. The van der Waals surface area contributed by atoms with Crippen LogP contribution in [0.1, 0.15) is 5.56 Å². The first-order valence-corrected chi connectivity index (χ1v) is 8.71. The van der Waals surface area contributed by atoms with Crippen LogP contribution in [0, 0.1) is 11.5 Å². The van der Waals surface area contributed by atoms with Gasteiger partial charge < -0.3 is 9.42 Å². The number of halogens is 3. The lowest BCUT2D eigenvalue weighted by atomic mass is 10.1. The molecule has 0 N–H and O–H groups in total. The van der Waals surface area contributed by atoms with Crippen molar-refractivity contribution in [3.63, 3.8) is 0 Å². The Hall–Kier alpha value is -3.06. The lowest BCUT2D eigenvalue weighted by Gasteiger charge is -2.44. The molecule has 28 heavy (non-hydrogen) atoms. The summed E-state index contributed by atoms with van der Waals surface area (Å²) in [7, 11) is 0. The molecule has 0 spiro atoms. The number of hydrogen-bond donors (Lipinski definition) is 0. The van der Waals surface area contributed by atoms with E-state index < -0.39 is 17.8 Å². The molecule has 2 aliphatic heterocycles. The minimum Gasteiger partial charge on any atom is -0.338 e. The van der Waals surface area contributed by atoms with Gasteiger partial charge in [-0.15, -0.1) is 0 Å². The number of hydrogen-bond acceptors (Lipinski definition) is 6. The number of piperazine rings is 2. The van der Waals surface area contributed by atoms with Crippen LogP contribution in [0.15, 0.2) is 34.9 Å². The molecular weight excluding hydrogens is 375 g/mol. The molecule has 1 aromatic carbocycles. The molecule has 4 rings (SSSR count). The van der Waals surface area contributed by atoms with Gasteiger partial charge in [-0.05, 0) is 12.1 Å². The normalized spacial score (nSPS) is 20.8. The Morgan fingerprint density at radius 3 is 2.71 bits per heavy atom. The monoisotopic (exact) mass is 391 g/mol. The molecule has 2 saturated heterocycles. The number of carbonyl (C=O) groups is 1. The lowest BCUT2D eigenvalue weighted by Crippen LogP contribution is -2.64. The largest absolute Gasteiger partial charge is 0.416 e. The SMILES string of the molecule is N#CN1CCN2CCN(c3cc(-c4cccc(C(F)(F)F)c4)no3)C(=O)[C@H]2C1. The highest BCUT2D eigenvalue weighted by Crippen LogP contribution is 2.33. The third-order valence-electron chi connectivity index (χ3n) is 5.04. The predicted molar refractivity (Wildman–Crippen MR) is 91.8 cm³/mol. The maximum atomic E-state index is 12.9. The molecule has 2 aromatic rings. The summed E-state index contributed by atoms with van der Waals surface area (Å²) in [5.74, 6) is -0.0240. The molecule has 0 bridgehead atoms. The molecule has 0 radical (unpaired) electrons. The Bertz CT molecular complexity index is 936. The molecule has 7 nitrogen and oxygen atoms in total. The fraction of sp³-hybridized carbons (Fsp3) is 0.389. The van der Waals surface area contributed by atoms with E-state index in [1.807, 2.05) is 4.90 Å². The zero-order valence-electron chi connectivity index (χ0n) is 14.7. The summed E-state index contributed by atoms with van der Waals surface area (Å²) in [4.78, 5) is 17.9. The summed E-state index contributed by atoms with van der Waals surface area (Å²) < 4.78 is 44.0. The van der Waals surface area contributed by atoms with Gasteiger partial charge in [-0.3, -0.25) is 14.6 Å². The van der Waals surface area contributed by atoms with Crippen LogP contribution in [0.25, 0.3) is 11.3 Å². The highest BCUT2D eigenvalue weighted by Gasteiger charge is 2.40. The van der Waals surface area contributed by atoms with Gasteiger partial charge in [0.2, 0.25) is 11.8 Å². The van der Waals surface area contributed by atoms with Gasteiger partial charge in [0.1, 0.15) is 11.7 Å². The van der Waals surface area contributed by atoms with E-state index in [1.165, 1.54) is 28.0 Å². The van der Waals surface area contributed by atoms with Gasteiger partial charge in [0.05, 0.1) is 12.1 Å². The van der Waals surface area contributed by atoms with Crippen LogP contribution in [-0.4, -0.2) is 59.6 Å². The highest BCUT2D eigenvalue weighted by molar-refractivity contribution is 5.97. The molecule has 3 heterocycles. The molecule has 1 amide bonds. The third-order valence-corrected chi connectivity index (χ3v) is 5.04. The van der Waals surface area contributed by atoms with Crippen molar-refractivity contribution in [3.8, 4) is 17.5 Å². The number of carbonyl (C=O) groups excluding carboxylic acids is 1. The predicted octanol–water partition coefficient (Wildman–Crippen LogP) is 2.17. The fourth-order valence-electron chi connectivity index (χ4n) is 3.53.